The van der Waals surface area contributed by atoms with E-state index >= 15 is 0 Å². The molecule has 0 aliphatic carbocycles. The van der Waals surface area contributed by atoms with Gasteiger partial charge in [0.2, 0.25) is 5.13 Å². The van der Waals surface area contributed by atoms with Gasteiger partial charge in [-0.2, -0.15) is 4.99 Å². The monoisotopic (exact) mass is 350 g/mol. The molecule has 0 atom stereocenters. The lowest BCUT2D eigenvalue weighted by Gasteiger charge is -2.05. The lowest BCUT2D eigenvalue weighted by atomic mass is 10.2. The number of rotatable bonds is 2. The highest BCUT2D eigenvalue weighted by Gasteiger charge is 2.30. The van der Waals surface area contributed by atoms with Crippen molar-refractivity contribution in [1.82, 2.24) is 15.1 Å². The SMILES string of the molecule is Cc1nnc(/N=C2/S/C(=C\c3cccc(Cl)c3)C(=O)N2C)s1. The number of benzene rings is 1. The zero-order chi connectivity index (χ0) is 15.7. The first-order chi connectivity index (χ1) is 10.5. The van der Waals surface area contributed by atoms with E-state index in [9.17, 15) is 4.79 Å². The number of hydrogen-bond acceptors (Lipinski definition) is 6. The van der Waals surface area contributed by atoms with Crippen LogP contribution in [0.5, 0.6) is 0 Å². The van der Waals surface area contributed by atoms with E-state index in [4.69, 9.17) is 11.6 Å². The maximum atomic E-state index is 12.3. The first-order valence-electron chi connectivity index (χ1n) is 6.35. The first-order valence-corrected chi connectivity index (χ1v) is 8.36. The molecule has 3 rings (SSSR count). The molecule has 1 aromatic heterocycles. The average molecular weight is 351 g/mol. The van der Waals surface area contributed by atoms with E-state index in [-0.39, 0.29) is 5.91 Å². The Kier molecular flexibility index (Phi) is 4.28. The van der Waals surface area contributed by atoms with E-state index in [2.05, 4.69) is 15.2 Å². The number of hydrogen-bond donors (Lipinski definition) is 0. The predicted molar refractivity (Wildman–Crippen MR) is 91.5 cm³/mol. The van der Waals surface area contributed by atoms with Gasteiger partial charge in [-0.3, -0.25) is 9.69 Å². The Morgan fingerprint density at radius 2 is 2.18 bits per heavy atom. The number of thioether (sulfide) groups is 1. The molecule has 8 heteroatoms. The van der Waals surface area contributed by atoms with E-state index in [1.54, 1.807) is 13.1 Å². The molecule has 5 nitrogen and oxygen atoms in total. The summed E-state index contributed by atoms with van der Waals surface area (Å²) in [6, 6.07) is 7.35. The normalized spacial score (nSPS) is 18.7. The molecule has 1 aliphatic rings. The number of likely N-dealkylation sites (N-methyl/N-ethyl adjacent to an activating group) is 1. The number of aliphatic imine (C=N–C) groups is 1. The second-order valence-electron chi connectivity index (χ2n) is 4.53. The molecule has 0 spiro atoms. The van der Waals surface area contributed by atoms with Crippen molar-refractivity contribution < 1.29 is 4.79 Å². The Morgan fingerprint density at radius 1 is 1.36 bits per heavy atom. The number of carbonyl (C=O) groups is 1. The van der Waals surface area contributed by atoms with Crippen LogP contribution in [0.2, 0.25) is 5.02 Å². The molecule has 1 saturated heterocycles. The molecule has 0 saturated carbocycles. The summed E-state index contributed by atoms with van der Waals surface area (Å²) in [5, 5.41) is 10.5. The topological polar surface area (TPSA) is 58.5 Å². The molecule has 1 aromatic carbocycles. The molecule has 22 heavy (non-hydrogen) atoms. The fourth-order valence-electron chi connectivity index (χ4n) is 1.81. The summed E-state index contributed by atoms with van der Waals surface area (Å²) in [6.45, 7) is 1.86. The van der Waals surface area contributed by atoms with Gasteiger partial charge in [0.25, 0.3) is 5.91 Å². The number of halogens is 1. The highest BCUT2D eigenvalue weighted by atomic mass is 35.5. The van der Waals surface area contributed by atoms with Gasteiger partial charge in [-0.05, 0) is 42.5 Å². The number of amides is 1. The predicted octanol–water partition coefficient (Wildman–Crippen LogP) is 3.73. The summed E-state index contributed by atoms with van der Waals surface area (Å²) in [4.78, 5) is 18.8. The molecule has 0 bridgehead atoms. The van der Waals surface area contributed by atoms with E-state index < -0.39 is 0 Å². The molecule has 1 fully saturated rings. The summed E-state index contributed by atoms with van der Waals surface area (Å²) in [5.41, 5.74) is 0.879. The minimum atomic E-state index is -0.0926. The van der Waals surface area contributed by atoms with Crippen LogP contribution in [0.4, 0.5) is 5.13 Å². The smallest absolute Gasteiger partial charge is 0.266 e. The molecule has 1 aliphatic heterocycles. The van der Waals surface area contributed by atoms with E-state index in [0.717, 1.165) is 10.6 Å². The lowest BCUT2D eigenvalue weighted by Crippen LogP contribution is -2.23. The minimum Gasteiger partial charge on any atom is -0.289 e. The number of carbonyl (C=O) groups excluding carboxylic acids is 1. The van der Waals surface area contributed by atoms with Crippen LogP contribution >= 0.6 is 34.7 Å². The maximum absolute atomic E-state index is 12.3. The van der Waals surface area contributed by atoms with E-state index in [1.807, 2.05) is 31.2 Å². The molecule has 1 amide bonds. The van der Waals surface area contributed by atoms with Gasteiger partial charge in [0, 0.05) is 12.1 Å². The first kappa shape index (κ1) is 15.2. The minimum absolute atomic E-state index is 0.0926. The number of amidine groups is 1. The lowest BCUT2D eigenvalue weighted by molar-refractivity contribution is -0.121. The van der Waals surface area contributed by atoms with Crippen LogP contribution < -0.4 is 0 Å². The molecule has 0 radical (unpaired) electrons. The molecular formula is C14H11ClN4OS2. The third-order valence-corrected chi connectivity index (χ3v) is 4.88. The number of nitrogens with zero attached hydrogens (tertiary/aromatic N) is 4. The van der Waals surface area contributed by atoms with Crippen molar-refractivity contribution in [3.8, 4) is 0 Å². The van der Waals surface area contributed by atoms with Gasteiger partial charge >= 0.3 is 0 Å². The zero-order valence-corrected chi connectivity index (χ0v) is 14.2. The van der Waals surface area contributed by atoms with Crippen molar-refractivity contribution in [3.63, 3.8) is 0 Å². The summed E-state index contributed by atoms with van der Waals surface area (Å²) < 4.78 is 0. The second-order valence-corrected chi connectivity index (χ2v) is 7.13. The molecular weight excluding hydrogens is 340 g/mol. The maximum Gasteiger partial charge on any atom is 0.266 e. The fourth-order valence-corrected chi connectivity index (χ4v) is 3.60. The van der Waals surface area contributed by atoms with E-state index in [0.29, 0.717) is 20.2 Å². The highest BCUT2D eigenvalue weighted by molar-refractivity contribution is 8.18. The Labute approximate surface area is 140 Å². The van der Waals surface area contributed by atoms with Gasteiger partial charge in [-0.15, -0.1) is 10.2 Å². The van der Waals surface area contributed by atoms with Gasteiger partial charge < -0.3 is 0 Å². The molecule has 0 N–H and O–H groups in total. The quantitative estimate of drug-likeness (QED) is 0.774. The molecule has 2 aromatic rings. The van der Waals surface area contributed by atoms with Crippen LogP contribution in [0, 0.1) is 6.92 Å². The standard InChI is InChI=1S/C14H11ClN4OS2/c1-8-17-18-13(21-8)16-14-19(2)12(20)11(22-14)7-9-4-3-5-10(15)6-9/h3-7H,1-2H3/b11-7-,16-14+. The Bertz CT molecular complexity index is 800. The Morgan fingerprint density at radius 3 is 2.86 bits per heavy atom. The van der Waals surface area contributed by atoms with Crippen molar-refractivity contribution in [2.24, 2.45) is 4.99 Å². The van der Waals surface area contributed by atoms with Crippen molar-refractivity contribution in [1.29, 1.82) is 0 Å². The number of aryl methyl sites for hydroxylation is 1. The average Bonchev–Trinajstić information content (AvgIpc) is 2.99. The van der Waals surface area contributed by atoms with Crippen LogP contribution in [0.25, 0.3) is 6.08 Å². The zero-order valence-electron chi connectivity index (χ0n) is 11.8. The third-order valence-electron chi connectivity index (χ3n) is 2.86. The second kappa shape index (κ2) is 6.20. The van der Waals surface area contributed by atoms with Gasteiger partial charge in [0.1, 0.15) is 5.01 Å². The molecule has 0 unspecified atom stereocenters. The summed E-state index contributed by atoms with van der Waals surface area (Å²) in [5.74, 6) is -0.0926. The Balaban J connectivity index is 1.90. The van der Waals surface area contributed by atoms with Crippen LogP contribution in [-0.4, -0.2) is 33.2 Å². The largest absolute Gasteiger partial charge is 0.289 e. The van der Waals surface area contributed by atoms with Crippen LogP contribution in [-0.2, 0) is 4.79 Å². The van der Waals surface area contributed by atoms with Crippen LogP contribution in [0.15, 0.2) is 34.2 Å². The van der Waals surface area contributed by atoms with Crippen LogP contribution in [0.3, 0.4) is 0 Å². The van der Waals surface area contributed by atoms with Crippen molar-refractivity contribution >= 4 is 57.0 Å². The summed E-state index contributed by atoms with van der Waals surface area (Å²) >= 11 is 8.67. The highest BCUT2D eigenvalue weighted by Crippen LogP contribution is 2.33. The Hall–Kier alpha value is -1.70. The summed E-state index contributed by atoms with van der Waals surface area (Å²) in [7, 11) is 1.70. The van der Waals surface area contributed by atoms with Gasteiger partial charge in [0.15, 0.2) is 5.17 Å². The van der Waals surface area contributed by atoms with Crippen LogP contribution in [0.1, 0.15) is 10.6 Å². The third kappa shape index (κ3) is 3.21. The van der Waals surface area contributed by atoms with Crippen molar-refractivity contribution in [2.45, 2.75) is 6.92 Å². The molecule has 2 heterocycles. The van der Waals surface area contributed by atoms with E-state index in [1.165, 1.54) is 28.0 Å². The van der Waals surface area contributed by atoms with Gasteiger partial charge in [-0.1, -0.05) is 35.1 Å². The van der Waals surface area contributed by atoms with Gasteiger partial charge in [0.05, 0.1) is 4.91 Å². The number of aromatic nitrogens is 2. The van der Waals surface area contributed by atoms with Crippen molar-refractivity contribution in [2.75, 3.05) is 7.05 Å². The summed E-state index contributed by atoms with van der Waals surface area (Å²) in [6.07, 6.45) is 1.81. The van der Waals surface area contributed by atoms with Crippen molar-refractivity contribution in [3.05, 3.63) is 44.8 Å². The fraction of sp³-hybridized carbons (Fsp3) is 0.143. The molecule has 112 valence electrons. The van der Waals surface area contributed by atoms with Gasteiger partial charge in [-0.25, -0.2) is 0 Å².